The molecule has 0 bridgehead atoms. The van der Waals surface area contributed by atoms with E-state index in [1.807, 2.05) is 0 Å². The van der Waals surface area contributed by atoms with Gasteiger partial charge in [0, 0.05) is 25.7 Å². The summed E-state index contributed by atoms with van der Waals surface area (Å²) in [7, 11) is 0. The Hall–Kier alpha value is -2.32. The van der Waals surface area contributed by atoms with Gasteiger partial charge in [-0.3, -0.25) is 14.4 Å². The molecule has 1 amide bonds. The minimum Gasteiger partial charge on any atom is -0.481 e. The molecule has 0 saturated carbocycles. The molecule has 0 radical (unpaired) electrons. The maximum absolute atomic E-state index is 12.8. The van der Waals surface area contributed by atoms with Gasteiger partial charge < -0.3 is 14.6 Å². The number of amides is 1. The van der Waals surface area contributed by atoms with Crippen molar-refractivity contribution in [2.24, 2.45) is 5.92 Å². The Morgan fingerprint density at radius 3 is 2.68 bits per heavy atom. The van der Waals surface area contributed by atoms with E-state index in [4.69, 9.17) is 5.11 Å². The Morgan fingerprint density at radius 1 is 1.32 bits per heavy atom. The zero-order chi connectivity index (χ0) is 18.6. The number of carboxylic acids is 1. The van der Waals surface area contributed by atoms with Crippen LogP contribution in [0.4, 0.5) is 13.2 Å². The van der Waals surface area contributed by atoms with Crippen LogP contribution in [-0.4, -0.2) is 39.5 Å². The zero-order valence-electron chi connectivity index (χ0n) is 13.5. The first-order valence-electron chi connectivity index (χ1n) is 7.94. The van der Waals surface area contributed by atoms with Crippen LogP contribution in [0, 0.1) is 5.92 Å². The summed E-state index contributed by atoms with van der Waals surface area (Å²) in [6.45, 7) is 0.352. The first-order chi connectivity index (χ1) is 11.7. The van der Waals surface area contributed by atoms with Crippen LogP contribution in [0.3, 0.4) is 0 Å². The molecular formula is C16H19F3N2O4. The lowest BCUT2D eigenvalue weighted by molar-refractivity contribution is -0.140. The Bertz CT molecular complexity index is 699. The Morgan fingerprint density at radius 2 is 2.04 bits per heavy atom. The average Bonchev–Trinajstić information content (AvgIpc) is 2.54. The molecule has 1 aromatic rings. The molecule has 1 fully saturated rings. The van der Waals surface area contributed by atoms with E-state index in [0.717, 1.165) is 23.3 Å². The van der Waals surface area contributed by atoms with Crippen LogP contribution in [0.5, 0.6) is 0 Å². The molecule has 1 aliphatic rings. The predicted octanol–water partition coefficient (Wildman–Crippen LogP) is 1.97. The van der Waals surface area contributed by atoms with Gasteiger partial charge in [-0.05, 0) is 37.3 Å². The van der Waals surface area contributed by atoms with Crippen LogP contribution in [0.15, 0.2) is 23.1 Å². The minimum atomic E-state index is -4.77. The number of alkyl halides is 3. The van der Waals surface area contributed by atoms with E-state index in [0.29, 0.717) is 32.0 Å². The van der Waals surface area contributed by atoms with Crippen molar-refractivity contribution >= 4 is 11.9 Å². The van der Waals surface area contributed by atoms with Crippen molar-refractivity contribution in [2.75, 3.05) is 13.1 Å². The number of rotatable bonds is 5. The van der Waals surface area contributed by atoms with Crippen molar-refractivity contribution in [1.82, 2.24) is 9.47 Å². The number of aromatic nitrogens is 1. The Kier molecular flexibility index (Phi) is 5.86. The summed E-state index contributed by atoms with van der Waals surface area (Å²) in [5.41, 5.74) is -2.55. The van der Waals surface area contributed by atoms with Gasteiger partial charge in [-0.25, -0.2) is 0 Å². The van der Waals surface area contributed by atoms with Gasteiger partial charge in [-0.1, -0.05) is 0 Å². The fourth-order valence-electron chi connectivity index (χ4n) is 2.98. The molecular weight excluding hydrogens is 341 g/mol. The summed E-state index contributed by atoms with van der Waals surface area (Å²) >= 11 is 0. The van der Waals surface area contributed by atoms with Crippen molar-refractivity contribution in [3.8, 4) is 0 Å². The molecule has 0 aromatic carbocycles. The SMILES string of the molecule is O=C(O)CCC1CCCN(C(=O)Cn2cccc(C(F)(F)F)c2=O)C1. The number of carbonyl (C=O) groups is 2. The molecule has 1 unspecified atom stereocenters. The van der Waals surface area contributed by atoms with Gasteiger partial charge >= 0.3 is 12.1 Å². The average molecular weight is 360 g/mol. The first-order valence-corrected chi connectivity index (χ1v) is 7.94. The highest BCUT2D eigenvalue weighted by atomic mass is 19.4. The molecule has 9 heteroatoms. The van der Waals surface area contributed by atoms with Gasteiger partial charge in [-0.15, -0.1) is 0 Å². The molecule has 2 heterocycles. The van der Waals surface area contributed by atoms with Crippen molar-refractivity contribution in [3.63, 3.8) is 0 Å². The molecule has 6 nitrogen and oxygen atoms in total. The number of hydrogen-bond acceptors (Lipinski definition) is 3. The van der Waals surface area contributed by atoms with Crippen LogP contribution >= 0.6 is 0 Å². The van der Waals surface area contributed by atoms with E-state index < -0.39 is 35.7 Å². The lowest BCUT2D eigenvalue weighted by Gasteiger charge is -2.32. The van der Waals surface area contributed by atoms with Crippen molar-refractivity contribution in [2.45, 2.75) is 38.4 Å². The molecule has 25 heavy (non-hydrogen) atoms. The third kappa shape index (κ3) is 5.07. The Labute approximate surface area is 141 Å². The van der Waals surface area contributed by atoms with Crippen molar-refractivity contribution in [3.05, 3.63) is 34.2 Å². The molecule has 2 rings (SSSR count). The van der Waals surface area contributed by atoms with E-state index in [1.54, 1.807) is 0 Å². The second kappa shape index (κ2) is 7.71. The molecule has 0 spiro atoms. The lowest BCUT2D eigenvalue weighted by Crippen LogP contribution is -2.43. The number of carbonyl (C=O) groups excluding carboxylic acids is 1. The fourth-order valence-corrected chi connectivity index (χ4v) is 2.98. The number of halogens is 3. The molecule has 1 atom stereocenters. The first kappa shape index (κ1) is 19.0. The topological polar surface area (TPSA) is 79.6 Å². The zero-order valence-corrected chi connectivity index (χ0v) is 13.5. The molecule has 138 valence electrons. The van der Waals surface area contributed by atoms with Gasteiger partial charge in [0.15, 0.2) is 0 Å². The van der Waals surface area contributed by atoms with Crippen LogP contribution < -0.4 is 5.56 Å². The third-order valence-electron chi connectivity index (χ3n) is 4.27. The number of carboxylic acid groups (broad SMARTS) is 1. The van der Waals surface area contributed by atoms with Crippen LogP contribution in [-0.2, 0) is 22.3 Å². The fraction of sp³-hybridized carbons (Fsp3) is 0.562. The van der Waals surface area contributed by atoms with Gasteiger partial charge in [0.1, 0.15) is 12.1 Å². The predicted molar refractivity (Wildman–Crippen MR) is 81.9 cm³/mol. The Balaban J connectivity index is 2.05. The van der Waals surface area contributed by atoms with E-state index in [1.165, 1.54) is 4.90 Å². The number of likely N-dealkylation sites (tertiary alicyclic amines) is 1. The summed E-state index contributed by atoms with van der Waals surface area (Å²) in [4.78, 5) is 36.3. The lowest BCUT2D eigenvalue weighted by atomic mass is 9.93. The summed E-state index contributed by atoms with van der Waals surface area (Å²) in [6, 6.07) is 1.77. The monoisotopic (exact) mass is 360 g/mol. The normalized spacial score (nSPS) is 18.2. The highest BCUT2D eigenvalue weighted by molar-refractivity contribution is 5.76. The number of aliphatic carboxylic acids is 1. The molecule has 1 N–H and O–H groups in total. The minimum absolute atomic E-state index is 0.0137. The standard InChI is InChI=1S/C16H19F3N2O4/c17-16(18,19)12-4-2-8-21(15(12)25)10-13(22)20-7-1-3-11(9-20)5-6-14(23)24/h2,4,8,11H,1,3,5-7,9-10H2,(H,23,24). The number of hydrogen-bond donors (Lipinski definition) is 1. The highest BCUT2D eigenvalue weighted by Gasteiger charge is 2.34. The van der Waals surface area contributed by atoms with Crippen molar-refractivity contribution < 1.29 is 27.9 Å². The molecule has 1 saturated heterocycles. The maximum Gasteiger partial charge on any atom is 0.421 e. The van der Waals surface area contributed by atoms with Gasteiger partial charge in [0.2, 0.25) is 5.91 Å². The molecule has 1 aliphatic heterocycles. The number of nitrogens with zero attached hydrogens (tertiary/aromatic N) is 2. The van der Waals surface area contributed by atoms with Gasteiger partial charge in [0.05, 0.1) is 0 Å². The van der Waals surface area contributed by atoms with E-state index >= 15 is 0 Å². The van der Waals surface area contributed by atoms with Crippen molar-refractivity contribution in [1.29, 1.82) is 0 Å². The molecule has 0 aliphatic carbocycles. The summed E-state index contributed by atoms with van der Waals surface area (Å²) in [6.07, 6.45) is -1.64. The smallest absolute Gasteiger partial charge is 0.421 e. The largest absolute Gasteiger partial charge is 0.481 e. The van der Waals surface area contributed by atoms with Crippen LogP contribution in [0.25, 0.3) is 0 Å². The number of pyridine rings is 1. The maximum atomic E-state index is 12.8. The molecule has 1 aromatic heterocycles. The van der Waals surface area contributed by atoms with E-state index in [9.17, 15) is 27.6 Å². The van der Waals surface area contributed by atoms with Crippen LogP contribution in [0.1, 0.15) is 31.2 Å². The summed E-state index contributed by atoms with van der Waals surface area (Å²) in [5.74, 6) is -1.30. The second-order valence-electron chi connectivity index (χ2n) is 6.13. The highest BCUT2D eigenvalue weighted by Crippen LogP contribution is 2.26. The van der Waals surface area contributed by atoms with E-state index in [2.05, 4.69) is 0 Å². The number of piperidine rings is 1. The summed E-state index contributed by atoms with van der Waals surface area (Å²) in [5, 5.41) is 8.73. The van der Waals surface area contributed by atoms with E-state index in [-0.39, 0.29) is 12.3 Å². The summed E-state index contributed by atoms with van der Waals surface area (Å²) < 4.78 is 39.1. The third-order valence-corrected chi connectivity index (χ3v) is 4.27. The van der Waals surface area contributed by atoms with Gasteiger partial charge in [0.25, 0.3) is 5.56 Å². The quantitative estimate of drug-likeness (QED) is 0.871. The van der Waals surface area contributed by atoms with Gasteiger partial charge in [-0.2, -0.15) is 13.2 Å². The van der Waals surface area contributed by atoms with Crippen LogP contribution in [0.2, 0.25) is 0 Å². The second-order valence-corrected chi connectivity index (χ2v) is 6.13.